The van der Waals surface area contributed by atoms with Crippen molar-refractivity contribution in [1.29, 1.82) is 0 Å². The van der Waals surface area contributed by atoms with Crippen molar-refractivity contribution in [3.63, 3.8) is 0 Å². The second-order valence-corrected chi connectivity index (χ2v) is 31.6. The van der Waals surface area contributed by atoms with Crippen LogP contribution >= 0.6 is 0 Å². The number of hydrogen-bond donors (Lipinski definition) is 0. The number of rotatable bonds is 0. The lowest BCUT2D eigenvalue weighted by molar-refractivity contribution is 0.352. The van der Waals surface area contributed by atoms with Gasteiger partial charge in [-0.3, -0.25) is 0 Å². The van der Waals surface area contributed by atoms with Crippen molar-refractivity contribution in [2.75, 3.05) is 0 Å². The van der Waals surface area contributed by atoms with Crippen LogP contribution in [0.2, 0.25) is 0 Å². The van der Waals surface area contributed by atoms with E-state index in [1.165, 1.54) is 209 Å². The van der Waals surface area contributed by atoms with E-state index in [9.17, 15) is 0 Å². The summed E-state index contributed by atoms with van der Waals surface area (Å²) in [5, 5.41) is 0. The van der Waals surface area contributed by atoms with Crippen LogP contribution in [0.25, 0.3) is 55.6 Å². The molecule has 0 bridgehead atoms. The first-order chi connectivity index (χ1) is 48.5. The quantitative estimate of drug-likeness (QED) is 0.133. The highest BCUT2D eigenvalue weighted by Gasteiger charge is 2.47. The maximum absolute atomic E-state index is 2.47. The minimum Gasteiger partial charge on any atom is -0.0885 e. The summed E-state index contributed by atoms with van der Waals surface area (Å²) in [6.07, 6.45) is 44.3. The summed E-state index contributed by atoms with van der Waals surface area (Å²) in [6, 6.07) is 69.5. The highest BCUT2D eigenvalue weighted by atomic mass is 14.5. The van der Waals surface area contributed by atoms with Crippen LogP contribution in [0.3, 0.4) is 0 Å². The number of aryl methyl sites for hydroxylation is 10. The molecule has 0 N–H and O–H groups in total. The first-order valence-corrected chi connectivity index (χ1v) is 37.7. The van der Waals surface area contributed by atoms with Gasteiger partial charge in [0, 0.05) is 21.7 Å². The molecule has 0 heteroatoms. The SMILES string of the molecule is Cc1ccc2c(c1)C1(C=CC=CC1)c1cc(C)ccc1-2.Cc1ccc2c(c1)C1(C=CCC=C1)c1cc(C)ccc1-2.Cc1ccc2c(c1)C1(C=CCCC1)c1cc(C)ccc1-2.Cc1ccc2c(c1)C1(CC=CCC1)c1cc(C)ccc1-2.Cc1ccc2c(c1)C1(CCCCC1)c1cc(C)ccc1-2. The zero-order chi connectivity index (χ0) is 68.7. The molecular formula is C100H98. The van der Waals surface area contributed by atoms with E-state index in [0.29, 0.717) is 5.41 Å². The first kappa shape index (κ1) is 65.3. The van der Waals surface area contributed by atoms with Crippen molar-refractivity contribution in [2.45, 2.75) is 180 Å². The third kappa shape index (κ3) is 10.8. The summed E-state index contributed by atoms with van der Waals surface area (Å²) in [5.41, 5.74) is 43.9. The van der Waals surface area contributed by atoms with Gasteiger partial charge in [0.1, 0.15) is 0 Å². The molecule has 10 aliphatic carbocycles. The van der Waals surface area contributed by atoms with Gasteiger partial charge in [-0.15, -0.1) is 0 Å². The molecule has 20 rings (SSSR count). The number of benzene rings is 10. The van der Waals surface area contributed by atoms with Gasteiger partial charge in [-0.1, -0.05) is 330 Å². The van der Waals surface area contributed by atoms with Gasteiger partial charge in [0.05, 0.1) is 5.41 Å². The lowest BCUT2D eigenvalue weighted by Crippen LogP contribution is -2.28. The fourth-order valence-electron chi connectivity index (χ4n) is 19.8. The molecule has 0 saturated heterocycles. The molecule has 0 aliphatic heterocycles. The molecule has 1 fully saturated rings. The van der Waals surface area contributed by atoms with E-state index < -0.39 is 0 Å². The Balaban J connectivity index is 0.0000000972. The van der Waals surface area contributed by atoms with E-state index >= 15 is 0 Å². The van der Waals surface area contributed by atoms with Crippen molar-refractivity contribution < 1.29 is 0 Å². The minimum absolute atomic E-state index is 0.0407. The minimum atomic E-state index is -0.0407. The van der Waals surface area contributed by atoms with E-state index in [0.717, 1.165) is 19.3 Å². The van der Waals surface area contributed by atoms with Crippen LogP contribution in [0, 0.1) is 69.2 Å². The molecule has 10 aliphatic rings. The number of hydrogen-bond acceptors (Lipinski definition) is 0. The molecule has 0 radical (unpaired) electrons. The van der Waals surface area contributed by atoms with Crippen LogP contribution in [0.4, 0.5) is 0 Å². The van der Waals surface area contributed by atoms with Crippen LogP contribution in [0.1, 0.15) is 195 Å². The van der Waals surface area contributed by atoms with Gasteiger partial charge in [-0.25, -0.2) is 0 Å². The van der Waals surface area contributed by atoms with Gasteiger partial charge >= 0.3 is 0 Å². The second-order valence-electron chi connectivity index (χ2n) is 31.6. The average Bonchev–Trinajstić information content (AvgIpc) is 1.60. The lowest BCUT2D eigenvalue weighted by Gasteiger charge is -2.36. The van der Waals surface area contributed by atoms with E-state index in [1.54, 1.807) is 22.3 Å². The van der Waals surface area contributed by atoms with E-state index in [1.807, 2.05) is 0 Å². The molecule has 0 unspecified atom stereocenters. The van der Waals surface area contributed by atoms with Crippen molar-refractivity contribution in [3.05, 3.63) is 366 Å². The fraction of sp³-hybridized carbons (Fsp3) is 0.280. The van der Waals surface area contributed by atoms with Crippen molar-refractivity contribution >= 4 is 0 Å². The third-order valence-electron chi connectivity index (χ3n) is 24.6. The summed E-state index contributed by atoms with van der Waals surface area (Å²) < 4.78 is 0. The largest absolute Gasteiger partial charge is 0.0885 e. The molecule has 5 spiro atoms. The van der Waals surface area contributed by atoms with Crippen LogP contribution in [0.15, 0.2) is 255 Å². The van der Waals surface area contributed by atoms with Gasteiger partial charge in [0.15, 0.2) is 0 Å². The Bertz CT molecular complexity index is 4740. The summed E-state index contributed by atoms with van der Waals surface area (Å²) in [5.74, 6) is 0. The standard InChI is InChI=1S/C20H22.2C20H20.2C20H18/c5*1-14-6-8-16-17-9-7-15(2)13-19(17)20(18(16)12-14)10-4-3-5-11-20/h6-9,12-13H,3-5,10-11H2,1-2H3;4,6-10,12-13H,3,5,11H2,1-2H3;3-4,6-9,12-13H,5,10-11H2,1-2H3;4-13H,3H2,1-2H3;3-10,12-13H,11H2,1-2H3. The lowest BCUT2D eigenvalue weighted by atomic mass is 9.67. The van der Waals surface area contributed by atoms with Crippen molar-refractivity contribution in [1.82, 2.24) is 0 Å². The molecule has 0 heterocycles. The summed E-state index contributed by atoms with van der Waals surface area (Å²) in [7, 11) is 0. The van der Waals surface area contributed by atoms with Gasteiger partial charge in [-0.2, -0.15) is 0 Å². The first-order valence-electron chi connectivity index (χ1n) is 37.7. The fourth-order valence-corrected chi connectivity index (χ4v) is 19.8. The summed E-state index contributed by atoms with van der Waals surface area (Å²) in [6.45, 7) is 22.0. The van der Waals surface area contributed by atoms with Crippen LogP contribution in [-0.4, -0.2) is 0 Å². The molecule has 0 amide bonds. The summed E-state index contributed by atoms with van der Waals surface area (Å²) >= 11 is 0. The Labute approximate surface area is 597 Å². The molecule has 0 atom stereocenters. The second kappa shape index (κ2) is 25.7. The van der Waals surface area contributed by atoms with Crippen molar-refractivity contribution in [3.8, 4) is 55.6 Å². The molecule has 100 heavy (non-hydrogen) atoms. The summed E-state index contributed by atoms with van der Waals surface area (Å²) in [4.78, 5) is 0. The monoisotopic (exact) mass is 1300 g/mol. The Kier molecular flexibility index (Phi) is 16.8. The van der Waals surface area contributed by atoms with Crippen molar-refractivity contribution in [2.24, 2.45) is 0 Å². The Morgan fingerprint density at radius 3 is 0.900 bits per heavy atom. The Hall–Kier alpha value is -9.36. The molecule has 498 valence electrons. The zero-order valence-corrected chi connectivity index (χ0v) is 60.9. The average molecular weight is 1300 g/mol. The molecule has 10 aromatic carbocycles. The van der Waals surface area contributed by atoms with E-state index in [4.69, 9.17) is 0 Å². The predicted octanol–water partition coefficient (Wildman–Crippen LogP) is 26.3. The van der Waals surface area contributed by atoms with Gasteiger partial charge in [-0.05, 0) is 245 Å². The molecule has 1 saturated carbocycles. The molecule has 10 aromatic rings. The van der Waals surface area contributed by atoms with E-state index in [-0.39, 0.29) is 21.7 Å². The van der Waals surface area contributed by atoms with Crippen LogP contribution in [-0.2, 0) is 27.1 Å². The highest BCUT2D eigenvalue weighted by molar-refractivity contribution is 5.88. The molecular weight excluding hydrogens is 1200 g/mol. The predicted molar refractivity (Wildman–Crippen MR) is 426 cm³/mol. The van der Waals surface area contributed by atoms with Gasteiger partial charge < -0.3 is 0 Å². The maximum atomic E-state index is 2.47. The smallest absolute Gasteiger partial charge is 0.0575 e. The Morgan fingerprint density at radius 2 is 0.560 bits per heavy atom. The number of allylic oxidation sites excluding steroid dienone is 12. The molecule has 0 aromatic heterocycles. The number of fused-ring (bicyclic) bond motifs is 25. The Morgan fingerprint density at radius 1 is 0.220 bits per heavy atom. The van der Waals surface area contributed by atoms with Crippen LogP contribution in [0.5, 0.6) is 0 Å². The third-order valence-corrected chi connectivity index (χ3v) is 24.6. The maximum Gasteiger partial charge on any atom is 0.0575 e. The zero-order valence-electron chi connectivity index (χ0n) is 60.9. The van der Waals surface area contributed by atoms with E-state index in [2.05, 4.69) is 324 Å². The normalized spacial score (nSPS) is 17.9. The topological polar surface area (TPSA) is 0 Å². The van der Waals surface area contributed by atoms with Gasteiger partial charge in [0.2, 0.25) is 0 Å². The van der Waals surface area contributed by atoms with Gasteiger partial charge in [0.25, 0.3) is 0 Å². The molecule has 0 nitrogen and oxygen atoms in total. The van der Waals surface area contributed by atoms with Crippen LogP contribution < -0.4 is 0 Å². The highest BCUT2D eigenvalue weighted by Crippen LogP contribution is 2.60.